The number of carbonyl (C=O) groups is 1. The number of aromatic nitrogens is 2. The van der Waals surface area contributed by atoms with E-state index in [-0.39, 0.29) is 23.1 Å². The van der Waals surface area contributed by atoms with Crippen LogP contribution in [0.5, 0.6) is 0 Å². The second kappa shape index (κ2) is 5.37. The van der Waals surface area contributed by atoms with Gasteiger partial charge in [-0.2, -0.15) is 0 Å². The van der Waals surface area contributed by atoms with Crippen LogP contribution in [0.4, 0.5) is 5.69 Å². The maximum absolute atomic E-state index is 12.0. The molecular weight excluding hydrogens is 290 g/mol. The summed E-state index contributed by atoms with van der Waals surface area (Å²) in [5.74, 6) is -0.232. The SMILES string of the molecule is O=C(Cc1cccs1)Nc1cccc2c(=O)[nH][nH]c(=O)c12. The number of carbonyl (C=O) groups excluding carboxylic acids is 1. The lowest BCUT2D eigenvalue weighted by Gasteiger charge is -2.07. The standard InChI is InChI=1S/C14H11N3O3S/c18-11(7-8-3-2-6-21-8)15-10-5-1-4-9-12(10)14(20)17-16-13(9)19/h1-6H,7H2,(H,15,18)(H,16,19)(H,17,20). The third-order valence-corrected chi connectivity index (χ3v) is 3.89. The molecule has 1 aromatic carbocycles. The van der Waals surface area contributed by atoms with E-state index in [4.69, 9.17) is 0 Å². The van der Waals surface area contributed by atoms with Gasteiger partial charge in [-0.05, 0) is 23.6 Å². The second-order valence-corrected chi connectivity index (χ2v) is 5.47. The fourth-order valence-corrected chi connectivity index (χ4v) is 2.80. The lowest BCUT2D eigenvalue weighted by Crippen LogP contribution is -2.22. The lowest BCUT2D eigenvalue weighted by atomic mass is 10.1. The summed E-state index contributed by atoms with van der Waals surface area (Å²) in [6.45, 7) is 0. The molecule has 2 aromatic heterocycles. The molecule has 1 amide bonds. The van der Waals surface area contributed by atoms with Crippen LogP contribution in [0.1, 0.15) is 4.88 Å². The van der Waals surface area contributed by atoms with Crippen LogP contribution in [0, 0.1) is 0 Å². The molecule has 0 saturated heterocycles. The Kier molecular flexibility index (Phi) is 3.41. The molecule has 0 aliphatic carbocycles. The fourth-order valence-electron chi connectivity index (χ4n) is 2.10. The van der Waals surface area contributed by atoms with Crippen molar-refractivity contribution < 1.29 is 4.79 Å². The van der Waals surface area contributed by atoms with Crippen LogP contribution in [-0.2, 0) is 11.2 Å². The molecule has 6 nitrogen and oxygen atoms in total. The average molecular weight is 301 g/mol. The van der Waals surface area contributed by atoms with E-state index in [2.05, 4.69) is 15.5 Å². The second-order valence-electron chi connectivity index (χ2n) is 4.44. The summed E-state index contributed by atoms with van der Waals surface area (Å²) in [4.78, 5) is 36.5. The molecule has 0 radical (unpaired) electrons. The largest absolute Gasteiger partial charge is 0.325 e. The Bertz CT molecular complexity index is 909. The Labute approximate surface area is 122 Å². The highest BCUT2D eigenvalue weighted by Crippen LogP contribution is 2.17. The predicted octanol–water partition coefficient (Wildman–Crippen LogP) is 1.46. The maximum atomic E-state index is 12.0. The maximum Gasteiger partial charge on any atom is 0.272 e. The summed E-state index contributed by atoms with van der Waals surface area (Å²) in [7, 11) is 0. The van der Waals surface area contributed by atoms with Crippen molar-refractivity contribution in [2.75, 3.05) is 5.32 Å². The van der Waals surface area contributed by atoms with Crippen molar-refractivity contribution in [2.45, 2.75) is 6.42 Å². The van der Waals surface area contributed by atoms with Crippen LogP contribution in [0.2, 0.25) is 0 Å². The number of rotatable bonds is 3. The summed E-state index contributed by atoms with van der Waals surface area (Å²) < 4.78 is 0. The molecule has 0 bridgehead atoms. The van der Waals surface area contributed by atoms with Crippen molar-refractivity contribution in [3.05, 3.63) is 61.3 Å². The minimum atomic E-state index is -0.448. The third kappa shape index (κ3) is 2.63. The number of fused-ring (bicyclic) bond motifs is 1. The van der Waals surface area contributed by atoms with Crippen molar-refractivity contribution in [2.24, 2.45) is 0 Å². The smallest absolute Gasteiger partial charge is 0.272 e. The summed E-state index contributed by atoms with van der Waals surface area (Å²) in [5, 5.41) is 9.52. The number of nitrogens with one attached hydrogen (secondary N) is 3. The van der Waals surface area contributed by atoms with E-state index in [0.29, 0.717) is 5.69 Å². The highest BCUT2D eigenvalue weighted by molar-refractivity contribution is 7.10. The Morgan fingerprint density at radius 3 is 2.67 bits per heavy atom. The van der Waals surface area contributed by atoms with E-state index < -0.39 is 11.1 Å². The minimum Gasteiger partial charge on any atom is -0.325 e. The van der Waals surface area contributed by atoms with Crippen LogP contribution < -0.4 is 16.4 Å². The number of amides is 1. The third-order valence-electron chi connectivity index (χ3n) is 3.01. The average Bonchev–Trinajstić information content (AvgIpc) is 2.96. The number of H-pyrrole nitrogens is 2. The summed E-state index contributed by atoms with van der Waals surface area (Å²) in [6.07, 6.45) is 0.231. The quantitative estimate of drug-likeness (QED) is 0.683. The van der Waals surface area contributed by atoms with Gasteiger partial charge in [0, 0.05) is 4.88 Å². The van der Waals surface area contributed by atoms with Gasteiger partial charge in [-0.3, -0.25) is 24.6 Å². The minimum absolute atomic E-state index is 0.181. The van der Waals surface area contributed by atoms with Gasteiger partial charge in [0.2, 0.25) is 5.91 Å². The highest BCUT2D eigenvalue weighted by atomic mass is 32.1. The first kappa shape index (κ1) is 13.3. The number of benzene rings is 1. The molecule has 0 atom stereocenters. The molecule has 3 N–H and O–H groups in total. The van der Waals surface area contributed by atoms with E-state index in [9.17, 15) is 14.4 Å². The Morgan fingerprint density at radius 2 is 1.90 bits per heavy atom. The van der Waals surface area contributed by atoms with E-state index in [0.717, 1.165) is 4.88 Å². The summed E-state index contributed by atoms with van der Waals surface area (Å²) >= 11 is 1.49. The first-order valence-corrected chi connectivity index (χ1v) is 7.09. The van der Waals surface area contributed by atoms with Crippen molar-refractivity contribution in [3.8, 4) is 0 Å². The van der Waals surface area contributed by atoms with Gasteiger partial charge in [-0.15, -0.1) is 11.3 Å². The molecule has 7 heteroatoms. The Morgan fingerprint density at radius 1 is 1.10 bits per heavy atom. The molecule has 3 aromatic rings. The van der Waals surface area contributed by atoms with Gasteiger partial charge in [0.25, 0.3) is 11.1 Å². The zero-order valence-corrected chi connectivity index (χ0v) is 11.6. The number of thiophene rings is 1. The molecule has 0 fully saturated rings. The highest BCUT2D eigenvalue weighted by Gasteiger charge is 2.11. The number of aromatic amines is 2. The van der Waals surface area contributed by atoms with Gasteiger partial charge in [-0.25, -0.2) is 0 Å². The van der Waals surface area contributed by atoms with Crippen LogP contribution in [-0.4, -0.2) is 16.1 Å². The van der Waals surface area contributed by atoms with Crippen LogP contribution >= 0.6 is 11.3 Å². The first-order valence-electron chi connectivity index (χ1n) is 6.21. The van der Waals surface area contributed by atoms with E-state index in [1.807, 2.05) is 17.5 Å². The lowest BCUT2D eigenvalue weighted by molar-refractivity contribution is -0.115. The van der Waals surface area contributed by atoms with E-state index >= 15 is 0 Å². The molecule has 0 aliphatic rings. The van der Waals surface area contributed by atoms with Crippen LogP contribution in [0.15, 0.2) is 45.3 Å². The van der Waals surface area contributed by atoms with Gasteiger partial charge < -0.3 is 5.32 Å². The van der Waals surface area contributed by atoms with E-state index in [1.54, 1.807) is 18.2 Å². The van der Waals surface area contributed by atoms with Crippen molar-refractivity contribution in [1.29, 1.82) is 0 Å². The molecule has 0 saturated carbocycles. The van der Waals surface area contributed by atoms with Crippen LogP contribution in [0.3, 0.4) is 0 Å². The van der Waals surface area contributed by atoms with Gasteiger partial charge in [0.05, 0.1) is 22.9 Å². The molecule has 106 valence electrons. The van der Waals surface area contributed by atoms with E-state index in [1.165, 1.54) is 11.3 Å². The van der Waals surface area contributed by atoms with Gasteiger partial charge in [0.1, 0.15) is 0 Å². The Hall–Kier alpha value is -2.67. The normalized spacial score (nSPS) is 10.7. The fraction of sp³-hybridized carbons (Fsp3) is 0.0714. The van der Waals surface area contributed by atoms with Gasteiger partial charge in [0.15, 0.2) is 0 Å². The summed E-state index contributed by atoms with van der Waals surface area (Å²) in [6, 6.07) is 8.50. The summed E-state index contributed by atoms with van der Waals surface area (Å²) in [5.41, 5.74) is -0.517. The molecule has 0 aliphatic heterocycles. The zero-order valence-electron chi connectivity index (χ0n) is 10.8. The van der Waals surface area contributed by atoms with Gasteiger partial charge in [-0.1, -0.05) is 12.1 Å². The van der Waals surface area contributed by atoms with Crippen LogP contribution in [0.25, 0.3) is 10.8 Å². The molecule has 0 unspecified atom stereocenters. The zero-order chi connectivity index (χ0) is 14.8. The molecule has 0 spiro atoms. The number of hydrogen-bond donors (Lipinski definition) is 3. The number of hydrogen-bond acceptors (Lipinski definition) is 4. The van der Waals surface area contributed by atoms with Gasteiger partial charge >= 0.3 is 0 Å². The molecule has 3 rings (SSSR count). The molecule has 2 heterocycles. The number of anilines is 1. The van der Waals surface area contributed by atoms with Crippen molar-refractivity contribution in [3.63, 3.8) is 0 Å². The topological polar surface area (TPSA) is 94.8 Å². The first-order chi connectivity index (χ1) is 10.1. The molecular formula is C14H11N3O3S. The molecule has 21 heavy (non-hydrogen) atoms. The van der Waals surface area contributed by atoms with Crippen molar-refractivity contribution >= 4 is 33.7 Å². The Balaban J connectivity index is 1.98. The van der Waals surface area contributed by atoms with Crippen molar-refractivity contribution in [1.82, 2.24) is 10.2 Å². The monoisotopic (exact) mass is 301 g/mol. The predicted molar refractivity (Wildman–Crippen MR) is 81.8 cm³/mol.